The highest BCUT2D eigenvalue weighted by atomic mass is 16.5. The number of amides is 2. The molecule has 0 aliphatic carbocycles. The van der Waals surface area contributed by atoms with Gasteiger partial charge in [0, 0.05) is 25.4 Å². The van der Waals surface area contributed by atoms with Gasteiger partial charge in [-0.05, 0) is 24.6 Å². The van der Waals surface area contributed by atoms with Crippen LogP contribution in [0.25, 0.3) is 0 Å². The second-order valence-corrected chi connectivity index (χ2v) is 4.70. The monoisotopic (exact) mass is 302 g/mol. The molecule has 116 valence electrons. The van der Waals surface area contributed by atoms with Crippen LogP contribution in [-0.4, -0.2) is 29.2 Å². The van der Waals surface area contributed by atoms with E-state index in [0.29, 0.717) is 24.5 Å². The average Bonchev–Trinajstić information content (AvgIpc) is 2.49. The number of carbonyl (C=O) groups is 1. The number of anilines is 1. The first-order valence-corrected chi connectivity index (χ1v) is 6.80. The molecule has 0 bridgehead atoms. The van der Waals surface area contributed by atoms with Crippen molar-refractivity contribution < 1.29 is 9.53 Å². The molecule has 0 saturated heterocycles. The summed E-state index contributed by atoms with van der Waals surface area (Å²) in [5.74, 6) is 0.587. The lowest BCUT2D eigenvalue weighted by Gasteiger charge is -2.12. The fraction of sp³-hybridized carbons (Fsp3) is 0.267. The number of ether oxygens (including phenoxy) is 1. The topological polar surface area (TPSA) is 85.2 Å². The predicted octanol–water partition coefficient (Wildman–Crippen LogP) is 1.38. The Balaban J connectivity index is 1.90. The number of hydrogen-bond acceptors (Lipinski definition) is 4. The smallest absolute Gasteiger partial charge is 0.319 e. The third kappa shape index (κ3) is 4.08. The molecule has 0 unspecified atom stereocenters. The number of aryl methyl sites for hydroxylation is 1. The number of hydrogen-bond donors (Lipinski definition) is 2. The molecule has 0 aliphatic heterocycles. The Hall–Kier alpha value is -2.83. The molecule has 1 aromatic carbocycles. The first-order chi connectivity index (χ1) is 10.6. The van der Waals surface area contributed by atoms with E-state index in [2.05, 4.69) is 15.6 Å². The lowest BCUT2D eigenvalue weighted by atomic mass is 10.2. The van der Waals surface area contributed by atoms with Crippen molar-refractivity contribution in [1.82, 2.24) is 14.9 Å². The van der Waals surface area contributed by atoms with Crippen LogP contribution in [0.2, 0.25) is 0 Å². The number of rotatable bonds is 5. The van der Waals surface area contributed by atoms with Gasteiger partial charge in [-0.1, -0.05) is 6.07 Å². The molecular formula is C15H18N4O3. The predicted molar refractivity (Wildman–Crippen MR) is 83.2 cm³/mol. The van der Waals surface area contributed by atoms with Crippen LogP contribution in [0.1, 0.15) is 5.56 Å². The zero-order valence-electron chi connectivity index (χ0n) is 12.5. The van der Waals surface area contributed by atoms with Crippen LogP contribution in [-0.2, 0) is 6.54 Å². The van der Waals surface area contributed by atoms with Gasteiger partial charge in [-0.2, -0.15) is 0 Å². The van der Waals surface area contributed by atoms with Gasteiger partial charge in [-0.15, -0.1) is 0 Å². The molecule has 0 atom stereocenters. The van der Waals surface area contributed by atoms with E-state index in [1.165, 1.54) is 23.2 Å². The minimum absolute atomic E-state index is 0.155. The van der Waals surface area contributed by atoms with Crippen molar-refractivity contribution in [2.45, 2.75) is 13.5 Å². The van der Waals surface area contributed by atoms with Gasteiger partial charge in [-0.3, -0.25) is 9.36 Å². The Morgan fingerprint density at radius 1 is 1.36 bits per heavy atom. The fourth-order valence-corrected chi connectivity index (χ4v) is 1.92. The number of nitrogens with one attached hydrogen (secondary N) is 2. The largest absolute Gasteiger partial charge is 0.495 e. The standard InChI is InChI=1S/C15H18N4O3/c1-11-3-4-13(22-2)12(9-11)18-15(21)17-7-8-19-10-16-6-5-14(19)20/h3-6,9-10H,7-8H2,1-2H3,(H2,17,18,21). The maximum Gasteiger partial charge on any atom is 0.319 e. The van der Waals surface area contributed by atoms with Crippen LogP contribution < -0.4 is 20.9 Å². The van der Waals surface area contributed by atoms with Gasteiger partial charge in [0.05, 0.1) is 19.1 Å². The molecule has 0 spiro atoms. The molecule has 7 heteroatoms. The van der Waals surface area contributed by atoms with Crippen molar-refractivity contribution in [3.63, 3.8) is 0 Å². The zero-order chi connectivity index (χ0) is 15.9. The minimum Gasteiger partial charge on any atom is -0.495 e. The van der Waals surface area contributed by atoms with Crippen molar-refractivity contribution in [3.05, 3.63) is 52.7 Å². The van der Waals surface area contributed by atoms with Crippen LogP contribution in [0.3, 0.4) is 0 Å². The van der Waals surface area contributed by atoms with Crippen molar-refractivity contribution >= 4 is 11.7 Å². The van der Waals surface area contributed by atoms with Crippen molar-refractivity contribution in [2.75, 3.05) is 19.0 Å². The van der Waals surface area contributed by atoms with Crippen LogP contribution in [0, 0.1) is 6.92 Å². The highest BCUT2D eigenvalue weighted by molar-refractivity contribution is 5.91. The van der Waals surface area contributed by atoms with E-state index in [0.717, 1.165) is 5.56 Å². The van der Waals surface area contributed by atoms with E-state index in [4.69, 9.17) is 4.74 Å². The van der Waals surface area contributed by atoms with Crippen molar-refractivity contribution in [1.29, 1.82) is 0 Å². The first kappa shape index (κ1) is 15.6. The zero-order valence-corrected chi connectivity index (χ0v) is 12.5. The maximum absolute atomic E-state index is 11.9. The van der Waals surface area contributed by atoms with Crippen LogP contribution in [0.5, 0.6) is 5.75 Å². The summed E-state index contributed by atoms with van der Waals surface area (Å²) < 4.78 is 6.62. The van der Waals surface area contributed by atoms with Crippen LogP contribution in [0.4, 0.5) is 10.5 Å². The van der Waals surface area contributed by atoms with Gasteiger partial charge in [0.25, 0.3) is 5.56 Å². The SMILES string of the molecule is COc1ccc(C)cc1NC(=O)NCCn1cnccc1=O. The average molecular weight is 302 g/mol. The third-order valence-electron chi connectivity index (χ3n) is 3.03. The lowest BCUT2D eigenvalue weighted by Crippen LogP contribution is -2.33. The second kappa shape index (κ2) is 7.26. The summed E-state index contributed by atoms with van der Waals surface area (Å²) in [6.07, 6.45) is 2.87. The summed E-state index contributed by atoms with van der Waals surface area (Å²) >= 11 is 0. The van der Waals surface area contributed by atoms with Crippen LogP contribution >= 0.6 is 0 Å². The molecule has 2 rings (SSSR count). The maximum atomic E-state index is 11.9. The van der Waals surface area contributed by atoms with E-state index in [1.54, 1.807) is 13.2 Å². The number of nitrogens with zero attached hydrogens (tertiary/aromatic N) is 2. The molecule has 22 heavy (non-hydrogen) atoms. The lowest BCUT2D eigenvalue weighted by molar-refractivity contribution is 0.251. The Morgan fingerprint density at radius 2 is 2.18 bits per heavy atom. The molecule has 2 aromatic rings. The van der Waals surface area contributed by atoms with Gasteiger partial charge in [0.1, 0.15) is 5.75 Å². The molecule has 2 amide bonds. The summed E-state index contributed by atoms with van der Waals surface area (Å²) in [6, 6.07) is 6.53. The van der Waals surface area contributed by atoms with E-state index in [-0.39, 0.29) is 11.6 Å². The highest BCUT2D eigenvalue weighted by Gasteiger charge is 2.07. The van der Waals surface area contributed by atoms with Gasteiger partial charge < -0.3 is 15.4 Å². The van der Waals surface area contributed by atoms with Gasteiger partial charge in [0.2, 0.25) is 0 Å². The quantitative estimate of drug-likeness (QED) is 0.874. The summed E-state index contributed by atoms with van der Waals surface area (Å²) in [7, 11) is 1.54. The first-order valence-electron chi connectivity index (χ1n) is 6.80. The van der Waals surface area contributed by atoms with Gasteiger partial charge in [-0.25, -0.2) is 9.78 Å². The third-order valence-corrected chi connectivity index (χ3v) is 3.03. The number of benzene rings is 1. The molecule has 7 nitrogen and oxygen atoms in total. The summed E-state index contributed by atoms with van der Waals surface area (Å²) in [4.78, 5) is 27.2. The summed E-state index contributed by atoms with van der Waals surface area (Å²) in [5.41, 5.74) is 1.45. The van der Waals surface area contributed by atoms with Crippen molar-refractivity contribution in [3.8, 4) is 5.75 Å². The number of carbonyl (C=O) groups excluding carboxylic acids is 1. The number of aromatic nitrogens is 2. The molecule has 0 fully saturated rings. The summed E-state index contributed by atoms with van der Waals surface area (Å²) in [6.45, 7) is 2.59. The van der Waals surface area contributed by atoms with E-state index in [9.17, 15) is 9.59 Å². The molecule has 0 radical (unpaired) electrons. The second-order valence-electron chi connectivity index (χ2n) is 4.70. The minimum atomic E-state index is -0.360. The molecular weight excluding hydrogens is 284 g/mol. The van der Waals surface area contributed by atoms with E-state index in [1.807, 2.05) is 19.1 Å². The summed E-state index contributed by atoms with van der Waals surface area (Å²) in [5, 5.41) is 5.41. The molecule has 2 N–H and O–H groups in total. The van der Waals surface area contributed by atoms with Crippen molar-refractivity contribution in [2.24, 2.45) is 0 Å². The Kier molecular flexibility index (Phi) is 5.13. The molecule has 1 aromatic heterocycles. The van der Waals surface area contributed by atoms with Crippen LogP contribution in [0.15, 0.2) is 41.6 Å². The highest BCUT2D eigenvalue weighted by Crippen LogP contribution is 2.24. The Bertz CT molecular complexity index is 712. The fourth-order valence-electron chi connectivity index (χ4n) is 1.92. The number of methoxy groups -OCH3 is 1. The molecule has 0 saturated carbocycles. The van der Waals surface area contributed by atoms with Gasteiger partial charge >= 0.3 is 6.03 Å². The van der Waals surface area contributed by atoms with E-state index >= 15 is 0 Å². The molecule has 1 heterocycles. The Labute approximate surface area is 127 Å². The normalized spacial score (nSPS) is 10.1. The Morgan fingerprint density at radius 3 is 2.91 bits per heavy atom. The molecule has 0 aliphatic rings. The number of urea groups is 1. The van der Waals surface area contributed by atoms with Gasteiger partial charge in [0.15, 0.2) is 0 Å². The van der Waals surface area contributed by atoms with E-state index < -0.39 is 0 Å².